The third kappa shape index (κ3) is 40.1. The number of hydrogen-bond donors (Lipinski definition) is 9. The van der Waals surface area contributed by atoms with E-state index in [2.05, 4.69) is 31.9 Å². The van der Waals surface area contributed by atoms with Gasteiger partial charge in [0, 0.05) is 51.4 Å². The van der Waals surface area contributed by atoms with Gasteiger partial charge in [0.2, 0.25) is 29.5 Å². The van der Waals surface area contributed by atoms with Gasteiger partial charge >= 0.3 is 11.9 Å². The van der Waals surface area contributed by atoms with Crippen molar-refractivity contribution in [2.45, 2.75) is 185 Å². The highest BCUT2D eigenvalue weighted by Crippen LogP contribution is 2.29. The molecule has 0 aromatic rings. The van der Waals surface area contributed by atoms with Crippen LogP contribution in [0.3, 0.4) is 0 Å². The molecule has 1 fully saturated rings. The number of carboxylic acids is 2. The van der Waals surface area contributed by atoms with Gasteiger partial charge in [-0.25, -0.2) is 4.79 Å². The van der Waals surface area contributed by atoms with Gasteiger partial charge in [0.05, 0.1) is 45.7 Å². The summed E-state index contributed by atoms with van der Waals surface area (Å²) in [5, 5.41) is 44.0. The number of ether oxygens (including phenoxy) is 4. The van der Waals surface area contributed by atoms with E-state index in [1.54, 1.807) is 7.05 Å². The lowest BCUT2D eigenvalue weighted by Crippen LogP contribution is -2.45. The normalized spacial score (nSPS) is 15.2. The zero-order chi connectivity index (χ0) is 54.3. The molecule has 21 heteroatoms. The zero-order valence-electron chi connectivity index (χ0n) is 44.8. The maximum Gasteiger partial charge on any atom is 0.326 e. The van der Waals surface area contributed by atoms with Crippen LogP contribution in [0.4, 0.5) is 0 Å². The minimum absolute atomic E-state index is 0.0600. The number of Topliss-reactive ketones (excluding diaryl/α,β-unsaturated/α-hetero) is 1. The van der Waals surface area contributed by atoms with Crippen LogP contribution < -0.4 is 31.9 Å². The van der Waals surface area contributed by atoms with E-state index in [-0.39, 0.29) is 132 Å². The summed E-state index contributed by atoms with van der Waals surface area (Å²) in [6.07, 6.45) is 24.1. The minimum atomic E-state index is -1.21. The number of carbonyl (C=O) groups excluding carboxylic acids is 6. The van der Waals surface area contributed by atoms with E-state index < -0.39 is 30.6 Å². The first-order chi connectivity index (χ1) is 35.9. The fourth-order valence-corrected chi connectivity index (χ4v) is 8.60. The summed E-state index contributed by atoms with van der Waals surface area (Å²) in [5.41, 5.74) is 0. The van der Waals surface area contributed by atoms with Crippen LogP contribution in [0.2, 0.25) is 0 Å². The van der Waals surface area contributed by atoms with Crippen molar-refractivity contribution in [1.29, 1.82) is 0 Å². The molecule has 1 aliphatic rings. The Balaban J connectivity index is 1.97. The maximum atomic E-state index is 13.0. The molecule has 0 aliphatic heterocycles. The SMILES string of the molecule is CN[C@@H](CCCCNC(=O)COCCOCCNC(=O)COCCOCCNC(=O)CC[C@H](NC(=O)C1CCC(CNC(=O)CCCCCCCCCCCCCCCCCCC(=O)O)CC1)C(=O)O)C(=O)CO. The maximum absolute atomic E-state index is 13.0. The second kappa shape index (κ2) is 47.2. The van der Waals surface area contributed by atoms with Gasteiger partial charge in [-0.3, -0.25) is 33.6 Å². The highest BCUT2D eigenvalue weighted by Gasteiger charge is 2.30. The number of ketones is 1. The third-order valence-electron chi connectivity index (χ3n) is 13.1. The summed E-state index contributed by atoms with van der Waals surface area (Å²) < 4.78 is 21.4. The molecule has 428 valence electrons. The van der Waals surface area contributed by atoms with E-state index in [1.807, 2.05) is 0 Å². The largest absolute Gasteiger partial charge is 0.481 e. The third-order valence-corrected chi connectivity index (χ3v) is 13.1. The molecule has 9 N–H and O–H groups in total. The van der Waals surface area contributed by atoms with E-state index in [9.17, 15) is 43.5 Å². The lowest BCUT2D eigenvalue weighted by Gasteiger charge is -2.28. The van der Waals surface area contributed by atoms with Crippen LogP contribution in [0.15, 0.2) is 0 Å². The van der Waals surface area contributed by atoms with Gasteiger partial charge < -0.3 is 66.2 Å². The number of aliphatic hydroxyl groups is 1. The van der Waals surface area contributed by atoms with Crippen molar-refractivity contribution in [2.24, 2.45) is 11.8 Å². The van der Waals surface area contributed by atoms with Gasteiger partial charge in [-0.1, -0.05) is 89.9 Å². The van der Waals surface area contributed by atoms with E-state index in [4.69, 9.17) is 29.2 Å². The van der Waals surface area contributed by atoms with Gasteiger partial charge in [0.1, 0.15) is 25.9 Å². The predicted octanol–water partition coefficient (Wildman–Crippen LogP) is 4.10. The van der Waals surface area contributed by atoms with Gasteiger partial charge in [-0.2, -0.15) is 0 Å². The standard InChI is InChI=1S/C53H96N6O15/c1-54-44(46(61)39-60)20-18-19-29-55-49(64)40-73-36-35-72-33-31-57-50(65)41-74-37-34-71-32-30-56-48(63)28-27-45(53(69)70)59-52(68)43-25-23-42(24-26-43)38-58-47(62)21-16-14-12-10-8-6-4-2-3-5-7-9-11-13-15-17-22-51(66)67/h42-45,54,60H,2-41H2,1H3,(H,55,64)(H,56,63)(H,57,65)(H,58,62)(H,59,68)(H,66,67)(H,69,70)/t42?,43?,44-,45-/m0/s1. The van der Waals surface area contributed by atoms with Gasteiger partial charge in [-0.05, 0) is 77.2 Å². The molecule has 0 radical (unpaired) electrons. The number of rotatable bonds is 51. The number of carbonyl (C=O) groups is 8. The van der Waals surface area contributed by atoms with Crippen molar-refractivity contribution in [3.05, 3.63) is 0 Å². The second-order valence-electron chi connectivity index (χ2n) is 19.4. The molecular formula is C53H96N6O15. The summed E-state index contributed by atoms with van der Waals surface area (Å²) in [6, 6.07) is -1.58. The molecule has 0 bridgehead atoms. The van der Waals surface area contributed by atoms with Crippen molar-refractivity contribution in [1.82, 2.24) is 31.9 Å². The Morgan fingerprint density at radius 2 is 0.932 bits per heavy atom. The topological polar surface area (TPSA) is 306 Å². The molecule has 5 amide bonds. The van der Waals surface area contributed by atoms with Gasteiger partial charge in [-0.15, -0.1) is 0 Å². The van der Waals surface area contributed by atoms with E-state index in [0.29, 0.717) is 51.6 Å². The van der Waals surface area contributed by atoms with Crippen LogP contribution in [0.5, 0.6) is 0 Å². The first-order valence-corrected chi connectivity index (χ1v) is 27.8. The first-order valence-electron chi connectivity index (χ1n) is 27.8. The molecule has 0 heterocycles. The lowest BCUT2D eigenvalue weighted by molar-refractivity contribution is -0.143. The molecule has 21 nitrogen and oxygen atoms in total. The summed E-state index contributed by atoms with van der Waals surface area (Å²) >= 11 is 0. The van der Waals surface area contributed by atoms with Crippen LogP contribution in [0.1, 0.15) is 173 Å². The predicted molar refractivity (Wildman–Crippen MR) is 279 cm³/mol. The Kier molecular flexibility index (Phi) is 43.2. The smallest absolute Gasteiger partial charge is 0.326 e. The van der Waals surface area contributed by atoms with Crippen molar-refractivity contribution < 1.29 is 72.6 Å². The monoisotopic (exact) mass is 1060 g/mol. The number of hydrogen-bond acceptors (Lipinski definition) is 14. The molecule has 0 saturated heterocycles. The highest BCUT2D eigenvalue weighted by molar-refractivity contribution is 5.86. The van der Waals surface area contributed by atoms with Gasteiger partial charge in [0.25, 0.3) is 0 Å². The number of unbranched alkanes of at least 4 members (excludes halogenated alkanes) is 16. The van der Waals surface area contributed by atoms with Crippen molar-refractivity contribution in [2.75, 3.05) is 92.7 Å². The fourth-order valence-electron chi connectivity index (χ4n) is 8.60. The number of nitrogens with one attached hydrogen (secondary N) is 6. The van der Waals surface area contributed by atoms with Crippen molar-refractivity contribution in [3.8, 4) is 0 Å². The molecule has 1 rings (SSSR count). The quantitative estimate of drug-likeness (QED) is 0.0388. The van der Waals surface area contributed by atoms with Crippen LogP contribution in [0, 0.1) is 11.8 Å². The molecule has 0 spiro atoms. The average molecular weight is 1060 g/mol. The molecule has 1 saturated carbocycles. The van der Waals surface area contributed by atoms with Crippen molar-refractivity contribution >= 4 is 47.3 Å². The van der Waals surface area contributed by atoms with Crippen LogP contribution in [-0.4, -0.2) is 167 Å². The van der Waals surface area contributed by atoms with E-state index in [0.717, 1.165) is 51.4 Å². The van der Waals surface area contributed by atoms with Crippen molar-refractivity contribution in [3.63, 3.8) is 0 Å². The molecule has 0 aromatic heterocycles. The number of amides is 5. The number of aliphatic carboxylic acids is 2. The Bertz CT molecular complexity index is 1530. The van der Waals surface area contributed by atoms with Crippen LogP contribution in [-0.2, 0) is 57.3 Å². The Morgan fingerprint density at radius 3 is 1.42 bits per heavy atom. The number of carboxylic acid groups (broad SMARTS) is 2. The van der Waals surface area contributed by atoms with E-state index in [1.165, 1.54) is 64.2 Å². The second-order valence-corrected chi connectivity index (χ2v) is 19.4. The number of likely N-dealkylation sites (N-methyl/N-ethyl adjacent to an activating group) is 1. The average Bonchev–Trinajstić information content (AvgIpc) is 3.38. The van der Waals surface area contributed by atoms with E-state index >= 15 is 0 Å². The number of aliphatic hydroxyl groups excluding tert-OH is 1. The summed E-state index contributed by atoms with van der Waals surface area (Å²) in [6.45, 7) is 1.89. The summed E-state index contributed by atoms with van der Waals surface area (Å²) in [4.78, 5) is 95.7. The summed E-state index contributed by atoms with van der Waals surface area (Å²) in [5.74, 6) is -3.42. The fraction of sp³-hybridized carbons (Fsp3) is 0.849. The molecule has 1 aliphatic carbocycles. The Hall–Kier alpha value is -4.28. The van der Waals surface area contributed by atoms with Crippen LogP contribution >= 0.6 is 0 Å². The molecule has 74 heavy (non-hydrogen) atoms. The Labute approximate surface area is 440 Å². The Morgan fingerprint density at radius 1 is 0.473 bits per heavy atom. The molecule has 2 atom stereocenters. The van der Waals surface area contributed by atoms with Crippen LogP contribution in [0.25, 0.3) is 0 Å². The summed E-state index contributed by atoms with van der Waals surface area (Å²) in [7, 11) is 1.66. The van der Waals surface area contributed by atoms with Gasteiger partial charge in [0.15, 0.2) is 5.78 Å². The first kappa shape index (κ1) is 67.7. The zero-order valence-corrected chi connectivity index (χ0v) is 44.8. The lowest BCUT2D eigenvalue weighted by atomic mass is 9.81. The molecular weight excluding hydrogens is 961 g/mol. The molecule has 0 aromatic carbocycles. The molecule has 0 unspecified atom stereocenters. The minimum Gasteiger partial charge on any atom is -0.481 e. The highest BCUT2D eigenvalue weighted by atomic mass is 16.5.